The Hall–Kier alpha value is -1.76. The van der Waals surface area contributed by atoms with Crippen molar-refractivity contribution in [2.24, 2.45) is 0 Å². The fraction of sp³-hybridized carbons (Fsp3) is 0.429. The lowest BCUT2D eigenvalue weighted by molar-refractivity contribution is 0.452. The van der Waals surface area contributed by atoms with Gasteiger partial charge in [-0.2, -0.15) is 0 Å². The summed E-state index contributed by atoms with van der Waals surface area (Å²) in [7, 11) is 0. The third kappa shape index (κ3) is 2.77. The number of hydrogen-bond donors (Lipinski definition) is 1. The van der Waals surface area contributed by atoms with E-state index in [4.69, 9.17) is 0 Å². The van der Waals surface area contributed by atoms with E-state index in [0.29, 0.717) is 5.75 Å². The van der Waals surface area contributed by atoms with Gasteiger partial charge in [-0.1, -0.05) is 65.0 Å². The maximum atomic E-state index is 10.3. The lowest BCUT2D eigenvalue weighted by atomic mass is 9.73. The topological polar surface area (TPSA) is 20.2 Å². The fourth-order valence-electron chi connectivity index (χ4n) is 3.65. The highest BCUT2D eigenvalue weighted by molar-refractivity contribution is 5.51. The Bertz CT molecular complexity index is 653. The first kappa shape index (κ1) is 16.6. The quantitative estimate of drug-likeness (QED) is 0.782. The van der Waals surface area contributed by atoms with Crippen molar-refractivity contribution in [1.82, 2.24) is 0 Å². The molecule has 1 N–H and O–H groups in total. The van der Waals surface area contributed by atoms with E-state index >= 15 is 0 Å². The Kier molecular flexibility index (Phi) is 4.95. The maximum absolute atomic E-state index is 10.3. The number of aromatic hydroxyl groups is 1. The van der Waals surface area contributed by atoms with E-state index in [1.54, 1.807) is 6.07 Å². The van der Waals surface area contributed by atoms with Crippen LogP contribution in [-0.2, 0) is 24.7 Å². The molecular formula is C21H28O. The highest BCUT2D eigenvalue weighted by Gasteiger charge is 2.29. The minimum atomic E-state index is -0.202. The molecule has 2 rings (SSSR count). The highest BCUT2D eigenvalue weighted by Crippen LogP contribution is 2.39. The molecule has 0 bridgehead atoms. The number of benzene rings is 2. The normalized spacial score (nSPS) is 11.7. The average molecular weight is 296 g/mol. The van der Waals surface area contributed by atoms with Gasteiger partial charge in [-0.25, -0.2) is 0 Å². The van der Waals surface area contributed by atoms with Crippen LogP contribution >= 0.6 is 0 Å². The molecule has 2 aromatic carbocycles. The molecule has 0 aliphatic heterocycles. The molecular weight excluding hydrogens is 268 g/mol. The minimum absolute atomic E-state index is 0.202. The van der Waals surface area contributed by atoms with E-state index in [-0.39, 0.29) is 5.41 Å². The predicted octanol–water partition coefficient (Wildman–Crippen LogP) is 5.41. The summed E-state index contributed by atoms with van der Waals surface area (Å²) >= 11 is 0. The van der Waals surface area contributed by atoms with Crippen LogP contribution in [0.15, 0.2) is 36.4 Å². The molecule has 0 heterocycles. The van der Waals surface area contributed by atoms with Crippen LogP contribution in [0.1, 0.15) is 62.4 Å². The number of aryl methyl sites for hydroxylation is 1. The summed E-state index contributed by atoms with van der Waals surface area (Å²) in [6, 6.07) is 12.2. The molecule has 0 aliphatic carbocycles. The van der Waals surface area contributed by atoms with Gasteiger partial charge in [0.1, 0.15) is 5.75 Å². The molecule has 0 aliphatic rings. The van der Waals surface area contributed by atoms with Gasteiger partial charge in [-0.3, -0.25) is 0 Å². The second kappa shape index (κ2) is 6.56. The molecule has 0 saturated carbocycles. The molecule has 0 saturated heterocycles. The van der Waals surface area contributed by atoms with Crippen LogP contribution < -0.4 is 0 Å². The van der Waals surface area contributed by atoms with Crippen molar-refractivity contribution in [2.45, 2.75) is 59.3 Å². The van der Waals surface area contributed by atoms with Crippen LogP contribution in [0, 0.1) is 0 Å². The highest BCUT2D eigenvalue weighted by atomic mass is 16.3. The molecule has 1 heteroatoms. The molecule has 0 spiro atoms. The summed E-state index contributed by atoms with van der Waals surface area (Å²) in [6.07, 6.45) is 3.17. The van der Waals surface area contributed by atoms with E-state index in [1.807, 2.05) is 18.2 Å². The first-order chi connectivity index (χ1) is 10.5. The molecule has 0 radical (unpaired) electrons. The zero-order chi connectivity index (χ0) is 16.3. The first-order valence-corrected chi connectivity index (χ1v) is 8.39. The van der Waals surface area contributed by atoms with Crippen molar-refractivity contribution in [2.75, 3.05) is 0 Å². The number of phenols is 1. The number of phenolic OH excluding ortho intramolecular Hbond substituents is 1. The van der Waals surface area contributed by atoms with Crippen molar-refractivity contribution in [1.29, 1.82) is 0 Å². The van der Waals surface area contributed by atoms with Gasteiger partial charge < -0.3 is 5.11 Å². The Labute approximate surface area is 135 Å². The first-order valence-electron chi connectivity index (χ1n) is 8.39. The van der Waals surface area contributed by atoms with Crippen LogP contribution in [0.25, 0.3) is 0 Å². The zero-order valence-electron chi connectivity index (χ0n) is 14.5. The van der Waals surface area contributed by atoms with E-state index in [1.165, 1.54) is 22.3 Å². The fourth-order valence-corrected chi connectivity index (χ4v) is 3.65. The zero-order valence-corrected chi connectivity index (χ0v) is 14.5. The average Bonchev–Trinajstić information content (AvgIpc) is 2.53. The molecule has 2 aromatic rings. The minimum Gasteiger partial charge on any atom is -0.508 e. The van der Waals surface area contributed by atoms with Gasteiger partial charge in [-0.05, 0) is 47.6 Å². The Morgan fingerprint density at radius 1 is 0.773 bits per heavy atom. The summed E-state index contributed by atoms with van der Waals surface area (Å²) in [6.45, 7) is 11.1. The molecule has 118 valence electrons. The third-order valence-corrected chi connectivity index (χ3v) is 4.87. The van der Waals surface area contributed by atoms with E-state index in [9.17, 15) is 5.11 Å². The van der Waals surface area contributed by atoms with E-state index in [2.05, 4.69) is 46.8 Å². The van der Waals surface area contributed by atoms with Crippen LogP contribution in [0.3, 0.4) is 0 Å². The monoisotopic (exact) mass is 296 g/mol. The van der Waals surface area contributed by atoms with Crippen molar-refractivity contribution >= 4 is 0 Å². The summed E-state index contributed by atoms with van der Waals surface area (Å²) in [5, 5.41) is 10.3. The van der Waals surface area contributed by atoms with E-state index < -0.39 is 0 Å². The molecule has 22 heavy (non-hydrogen) atoms. The predicted molar refractivity (Wildman–Crippen MR) is 94.8 cm³/mol. The molecule has 0 fully saturated rings. The summed E-state index contributed by atoms with van der Waals surface area (Å²) in [5.74, 6) is 0.382. The molecule has 0 unspecified atom stereocenters. The van der Waals surface area contributed by atoms with Crippen LogP contribution in [0.4, 0.5) is 0 Å². The third-order valence-electron chi connectivity index (χ3n) is 4.87. The lowest BCUT2D eigenvalue weighted by Gasteiger charge is -2.31. The second-order valence-electron chi connectivity index (χ2n) is 6.43. The summed E-state index contributed by atoms with van der Waals surface area (Å²) in [4.78, 5) is 0. The number of para-hydroxylation sites is 1. The molecule has 1 nitrogen and oxygen atoms in total. The van der Waals surface area contributed by atoms with Crippen molar-refractivity contribution in [3.8, 4) is 5.75 Å². The van der Waals surface area contributed by atoms with Gasteiger partial charge in [0, 0.05) is 11.0 Å². The van der Waals surface area contributed by atoms with Gasteiger partial charge in [0.15, 0.2) is 0 Å². The van der Waals surface area contributed by atoms with Gasteiger partial charge in [0.2, 0.25) is 0 Å². The Morgan fingerprint density at radius 2 is 1.41 bits per heavy atom. The molecule has 0 amide bonds. The summed E-state index contributed by atoms with van der Waals surface area (Å²) < 4.78 is 0. The van der Waals surface area contributed by atoms with E-state index in [0.717, 1.165) is 24.8 Å². The lowest BCUT2D eigenvalue weighted by Crippen LogP contribution is -2.22. The Balaban J connectivity index is 2.68. The molecule has 0 aromatic heterocycles. The van der Waals surface area contributed by atoms with Crippen LogP contribution in [-0.4, -0.2) is 5.11 Å². The van der Waals surface area contributed by atoms with Crippen molar-refractivity contribution in [3.63, 3.8) is 0 Å². The maximum Gasteiger partial charge on any atom is 0.119 e. The van der Waals surface area contributed by atoms with Gasteiger partial charge in [0.25, 0.3) is 0 Å². The number of rotatable bonds is 5. The van der Waals surface area contributed by atoms with Gasteiger partial charge in [-0.15, -0.1) is 0 Å². The smallest absolute Gasteiger partial charge is 0.119 e. The standard InChI is InChI=1S/C21H28O/c1-6-15-13-14-18(17(8-3)16(15)7-2)21(4,5)19-11-9-10-12-20(19)22/h9-14,22H,6-8H2,1-5H3. The second-order valence-corrected chi connectivity index (χ2v) is 6.43. The van der Waals surface area contributed by atoms with Crippen LogP contribution in [0.5, 0.6) is 5.75 Å². The van der Waals surface area contributed by atoms with Gasteiger partial charge >= 0.3 is 0 Å². The Morgan fingerprint density at radius 3 is 1.95 bits per heavy atom. The number of hydrogen-bond acceptors (Lipinski definition) is 1. The summed E-state index contributed by atoms with van der Waals surface area (Å²) in [5.41, 5.74) is 6.53. The van der Waals surface area contributed by atoms with Crippen molar-refractivity contribution < 1.29 is 5.11 Å². The van der Waals surface area contributed by atoms with Crippen molar-refractivity contribution in [3.05, 3.63) is 64.2 Å². The largest absolute Gasteiger partial charge is 0.508 e. The SMILES string of the molecule is CCc1ccc(C(C)(C)c2ccccc2O)c(CC)c1CC. The van der Waals surface area contributed by atoms with Gasteiger partial charge in [0.05, 0.1) is 0 Å². The molecule has 0 atom stereocenters. The van der Waals surface area contributed by atoms with Crippen LogP contribution in [0.2, 0.25) is 0 Å².